The number of aromatic nitrogens is 4. The lowest BCUT2D eigenvalue weighted by Gasteiger charge is -2.02. The molecule has 0 saturated carbocycles. The molecule has 25 heavy (non-hydrogen) atoms. The van der Waals surface area contributed by atoms with Gasteiger partial charge in [0.2, 0.25) is 5.13 Å². The van der Waals surface area contributed by atoms with Crippen LogP contribution in [0.15, 0.2) is 53.5 Å². The molecule has 124 valence electrons. The van der Waals surface area contributed by atoms with Crippen LogP contribution < -0.4 is 5.73 Å². The number of aryl methyl sites for hydroxylation is 1. The Morgan fingerprint density at radius 3 is 2.76 bits per heavy atom. The Bertz CT molecular complexity index is 1050. The number of rotatable bonds is 4. The van der Waals surface area contributed by atoms with Gasteiger partial charge in [-0.3, -0.25) is 0 Å². The molecule has 2 N–H and O–H groups in total. The van der Waals surface area contributed by atoms with Crippen LogP contribution in [0.3, 0.4) is 0 Å². The molecule has 0 radical (unpaired) electrons. The number of nitrogens with two attached hydrogens (primary N) is 1. The van der Waals surface area contributed by atoms with Crippen molar-refractivity contribution in [2.75, 3.05) is 5.73 Å². The predicted octanol–water partition coefficient (Wildman–Crippen LogP) is 3.58. The molecule has 4 rings (SSSR count). The van der Waals surface area contributed by atoms with Crippen LogP contribution in [0.2, 0.25) is 0 Å². The van der Waals surface area contributed by atoms with Gasteiger partial charge in [-0.2, -0.15) is 0 Å². The summed E-state index contributed by atoms with van der Waals surface area (Å²) in [6.45, 7) is 2.64. The van der Waals surface area contributed by atoms with Crippen LogP contribution in [0, 0.1) is 6.92 Å². The summed E-state index contributed by atoms with van der Waals surface area (Å²) in [5, 5.41) is 9.93. The number of nitrogen functional groups attached to an aromatic ring is 1. The van der Waals surface area contributed by atoms with Crippen LogP contribution in [0.25, 0.3) is 11.0 Å². The molecule has 0 amide bonds. The van der Waals surface area contributed by atoms with Crippen LogP contribution >= 0.6 is 11.3 Å². The topological polar surface area (TPSA) is 82.0 Å². The fraction of sp³-hybridized carbons (Fsp3) is 0.111. The highest BCUT2D eigenvalue weighted by Crippen LogP contribution is 2.22. The Kier molecular flexibility index (Phi) is 3.99. The molecule has 0 spiro atoms. The summed E-state index contributed by atoms with van der Waals surface area (Å²) >= 11 is 1.48. The van der Waals surface area contributed by atoms with Crippen LogP contribution in [0.1, 0.15) is 16.4 Å². The summed E-state index contributed by atoms with van der Waals surface area (Å²) in [6.07, 6.45) is 1.77. The Morgan fingerprint density at radius 2 is 1.92 bits per heavy atom. The lowest BCUT2D eigenvalue weighted by molar-refractivity contribution is 0.768. The van der Waals surface area contributed by atoms with Gasteiger partial charge in [0.25, 0.3) is 0 Å². The smallest absolute Gasteiger partial charge is 0.231 e. The first kappa shape index (κ1) is 15.5. The van der Waals surface area contributed by atoms with Crippen LogP contribution in [0.4, 0.5) is 10.8 Å². The summed E-state index contributed by atoms with van der Waals surface area (Å²) < 4.78 is 2.14. The normalized spacial score (nSPS) is 11.6. The largest absolute Gasteiger partial charge is 0.399 e. The van der Waals surface area contributed by atoms with Gasteiger partial charge < -0.3 is 10.3 Å². The van der Waals surface area contributed by atoms with Crippen molar-refractivity contribution in [2.45, 2.75) is 13.5 Å². The van der Waals surface area contributed by atoms with Gasteiger partial charge in [-0.15, -0.1) is 10.2 Å². The van der Waals surface area contributed by atoms with E-state index in [1.165, 1.54) is 11.3 Å². The number of anilines is 1. The average Bonchev–Trinajstić information content (AvgIpc) is 3.19. The zero-order chi connectivity index (χ0) is 17.2. The maximum atomic E-state index is 5.68. The predicted molar refractivity (Wildman–Crippen MR) is 102 cm³/mol. The van der Waals surface area contributed by atoms with Gasteiger partial charge >= 0.3 is 0 Å². The first-order chi connectivity index (χ1) is 12.2. The van der Waals surface area contributed by atoms with Crippen molar-refractivity contribution in [1.82, 2.24) is 19.7 Å². The van der Waals surface area contributed by atoms with Crippen molar-refractivity contribution >= 4 is 39.4 Å². The number of imidazole rings is 1. The van der Waals surface area contributed by atoms with Gasteiger partial charge in [-0.05, 0) is 36.8 Å². The minimum Gasteiger partial charge on any atom is -0.399 e. The zero-order valence-electron chi connectivity index (χ0n) is 13.6. The monoisotopic (exact) mass is 348 g/mol. The minimum atomic E-state index is 0.633. The van der Waals surface area contributed by atoms with E-state index in [1.807, 2.05) is 49.4 Å². The molecule has 2 aromatic heterocycles. The number of benzene rings is 2. The molecule has 0 aliphatic carbocycles. The quantitative estimate of drug-likeness (QED) is 0.451. The van der Waals surface area contributed by atoms with E-state index in [4.69, 9.17) is 5.73 Å². The van der Waals surface area contributed by atoms with E-state index in [0.717, 1.165) is 33.1 Å². The third-order valence-electron chi connectivity index (χ3n) is 3.86. The number of para-hydroxylation sites is 2. The number of nitrogens with zero attached hydrogens (tertiary/aromatic N) is 5. The van der Waals surface area contributed by atoms with E-state index in [2.05, 4.69) is 30.8 Å². The maximum Gasteiger partial charge on any atom is 0.231 e. The molecule has 2 aromatic carbocycles. The van der Waals surface area contributed by atoms with Crippen LogP contribution in [0.5, 0.6) is 0 Å². The van der Waals surface area contributed by atoms with Gasteiger partial charge in [0, 0.05) is 11.9 Å². The second kappa shape index (κ2) is 6.45. The molecule has 0 aliphatic rings. The molecule has 2 heterocycles. The fourth-order valence-electron chi connectivity index (χ4n) is 2.60. The number of fused-ring (bicyclic) bond motifs is 1. The molecular formula is C18H16N6S. The Balaban J connectivity index is 1.55. The Labute approximate surface area is 148 Å². The molecule has 6 nitrogen and oxygen atoms in total. The van der Waals surface area contributed by atoms with Crippen molar-refractivity contribution in [3.63, 3.8) is 0 Å². The Morgan fingerprint density at radius 1 is 1.12 bits per heavy atom. The third kappa shape index (κ3) is 3.27. The summed E-state index contributed by atoms with van der Waals surface area (Å²) in [7, 11) is 0. The van der Waals surface area contributed by atoms with Crippen molar-refractivity contribution in [3.05, 3.63) is 64.9 Å². The number of hydrogen-bond acceptors (Lipinski definition) is 6. The highest BCUT2D eigenvalue weighted by molar-refractivity contribution is 7.14. The van der Waals surface area contributed by atoms with E-state index in [1.54, 1.807) is 6.21 Å². The van der Waals surface area contributed by atoms with E-state index >= 15 is 0 Å². The highest BCUT2D eigenvalue weighted by atomic mass is 32.1. The first-order valence-corrected chi connectivity index (χ1v) is 8.64. The van der Waals surface area contributed by atoms with E-state index < -0.39 is 0 Å². The summed E-state index contributed by atoms with van der Waals surface area (Å²) in [5.41, 5.74) is 9.48. The molecule has 0 bridgehead atoms. The van der Waals surface area contributed by atoms with Gasteiger partial charge in [0.1, 0.15) is 10.8 Å². The molecule has 0 unspecified atom stereocenters. The van der Waals surface area contributed by atoms with Crippen LogP contribution in [-0.2, 0) is 6.54 Å². The molecular weight excluding hydrogens is 332 g/mol. The lowest BCUT2D eigenvalue weighted by Crippen LogP contribution is -2.01. The average molecular weight is 348 g/mol. The van der Waals surface area contributed by atoms with Gasteiger partial charge in [-0.1, -0.05) is 35.6 Å². The van der Waals surface area contributed by atoms with Crippen molar-refractivity contribution in [2.24, 2.45) is 4.99 Å². The van der Waals surface area contributed by atoms with Crippen molar-refractivity contribution in [1.29, 1.82) is 0 Å². The SMILES string of the molecule is Cc1nc2ccccc2n1Cc1nnc(/N=C/c2ccc(N)cc2)s1. The van der Waals surface area contributed by atoms with Crippen molar-refractivity contribution in [3.8, 4) is 0 Å². The zero-order valence-corrected chi connectivity index (χ0v) is 14.4. The van der Waals surface area contributed by atoms with E-state index in [9.17, 15) is 0 Å². The molecule has 0 saturated heterocycles. The van der Waals surface area contributed by atoms with Gasteiger partial charge in [0.15, 0.2) is 0 Å². The first-order valence-electron chi connectivity index (χ1n) is 7.83. The molecule has 0 fully saturated rings. The molecule has 7 heteroatoms. The summed E-state index contributed by atoms with van der Waals surface area (Å²) in [4.78, 5) is 8.97. The van der Waals surface area contributed by atoms with E-state index in [-0.39, 0.29) is 0 Å². The van der Waals surface area contributed by atoms with Crippen molar-refractivity contribution < 1.29 is 0 Å². The number of aliphatic imine (C=N–C) groups is 1. The highest BCUT2D eigenvalue weighted by Gasteiger charge is 2.10. The minimum absolute atomic E-state index is 0.633. The van der Waals surface area contributed by atoms with Gasteiger partial charge in [0.05, 0.1) is 17.6 Å². The number of hydrogen-bond donors (Lipinski definition) is 1. The summed E-state index contributed by atoms with van der Waals surface area (Å²) in [5.74, 6) is 0.961. The van der Waals surface area contributed by atoms with E-state index in [0.29, 0.717) is 11.7 Å². The molecule has 4 aromatic rings. The molecule has 0 atom stereocenters. The van der Waals surface area contributed by atoms with Crippen LogP contribution in [-0.4, -0.2) is 26.0 Å². The molecule has 0 aliphatic heterocycles. The summed E-state index contributed by atoms with van der Waals surface area (Å²) in [6, 6.07) is 15.6. The van der Waals surface area contributed by atoms with Gasteiger partial charge in [-0.25, -0.2) is 9.98 Å². The Hall–Kier alpha value is -3.06. The standard InChI is InChI=1S/C18H16N6S/c1-12-21-15-4-2-3-5-16(15)24(12)11-17-22-23-18(25-17)20-10-13-6-8-14(19)9-7-13/h2-10H,11,19H2,1H3/b20-10+. The third-order valence-corrected chi connectivity index (χ3v) is 4.67. The second-order valence-electron chi connectivity index (χ2n) is 5.64. The fourth-order valence-corrected chi connectivity index (χ4v) is 3.28. The lowest BCUT2D eigenvalue weighted by atomic mass is 10.2. The maximum absolute atomic E-state index is 5.68. The second-order valence-corrected chi connectivity index (χ2v) is 6.68.